The zero-order valence-corrected chi connectivity index (χ0v) is 27.9. The van der Waals surface area contributed by atoms with E-state index in [-0.39, 0.29) is 0 Å². The fourth-order valence-electron chi connectivity index (χ4n) is 8.39. The number of ether oxygens (including phenoxy) is 1. The van der Waals surface area contributed by atoms with Crippen LogP contribution in [0, 0.1) is 0 Å². The Hall–Kier alpha value is -6.64. The predicted octanol–water partition coefficient (Wildman–Crippen LogP) is 13.0. The lowest BCUT2D eigenvalue weighted by atomic mass is 9.66. The molecule has 10 rings (SSSR count). The number of fused-ring (bicyclic) bond motifs is 9. The number of para-hydroxylation sites is 3. The molecule has 1 spiro atoms. The van der Waals surface area contributed by atoms with Gasteiger partial charge in [-0.25, -0.2) is 0 Å². The molecule has 0 atom stereocenters. The Labute approximate surface area is 298 Å². The van der Waals surface area contributed by atoms with Gasteiger partial charge in [0.1, 0.15) is 11.5 Å². The van der Waals surface area contributed by atoms with E-state index in [1.54, 1.807) is 0 Å². The Bertz CT molecular complexity index is 2530. The van der Waals surface area contributed by atoms with Gasteiger partial charge in [0.15, 0.2) is 0 Å². The molecule has 1 aliphatic carbocycles. The van der Waals surface area contributed by atoms with Gasteiger partial charge in [-0.3, -0.25) is 0 Å². The lowest BCUT2D eigenvalue weighted by molar-refractivity contribution is 0.436. The van der Waals surface area contributed by atoms with Crippen LogP contribution in [0.15, 0.2) is 200 Å². The molecule has 0 amide bonds. The predicted molar refractivity (Wildman–Crippen MR) is 209 cm³/mol. The highest BCUT2D eigenvalue weighted by molar-refractivity contribution is 5.93. The largest absolute Gasteiger partial charge is 0.457 e. The smallest absolute Gasteiger partial charge is 0.132 e. The molecule has 0 radical (unpaired) electrons. The maximum atomic E-state index is 6.62. The van der Waals surface area contributed by atoms with Gasteiger partial charge in [0.2, 0.25) is 0 Å². The summed E-state index contributed by atoms with van der Waals surface area (Å²) in [4.78, 5) is 2.43. The zero-order chi connectivity index (χ0) is 33.8. The number of anilines is 3. The van der Waals surface area contributed by atoms with Crippen LogP contribution in [0.2, 0.25) is 0 Å². The normalized spacial score (nSPS) is 13.0. The fraction of sp³-hybridized carbons (Fsp3) is 0.0204. The Morgan fingerprint density at radius 2 is 0.863 bits per heavy atom. The van der Waals surface area contributed by atoms with Crippen LogP contribution < -0.4 is 9.64 Å². The van der Waals surface area contributed by atoms with Crippen molar-refractivity contribution in [3.8, 4) is 44.9 Å². The van der Waals surface area contributed by atoms with Crippen LogP contribution in [0.3, 0.4) is 0 Å². The molecule has 0 saturated heterocycles. The highest BCUT2D eigenvalue weighted by atomic mass is 16.5. The lowest BCUT2D eigenvalue weighted by Gasteiger charge is -2.39. The highest BCUT2D eigenvalue weighted by Crippen LogP contribution is 2.62. The molecule has 0 fully saturated rings. The number of rotatable bonds is 5. The molecule has 1 aliphatic heterocycles. The van der Waals surface area contributed by atoms with Crippen LogP contribution in [-0.4, -0.2) is 0 Å². The number of nitrogens with zero attached hydrogens (tertiary/aromatic N) is 1. The minimum Gasteiger partial charge on any atom is -0.457 e. The first kappa shape index (κ1) is 29.3. The van der Waals surface area contributed by atoms with E-state index in [1.807, 2.05) is 0 Å². The standard InChI is InChI=1S/C49H33NO/c1-3-16-34(17-4-1)36-20-15-21-37(32-36)50(46-27-12-8-22-39(46)35-18-5-2-6-19-35)38-30-31-41-40-23-7-9-24-42(40)49(45(41)33-38)43-25-10-13-28-47(43)51-48-29-14-11-26-44(48)49/h1-33H. The Balaban J connectivity index is 1.27. The van der Waals surface area contributed by atoms with Crippen molar-refractivity contribution < 1.29 is 4.74 Å². The quantitative estimate of drug-likeness (QED) is 0.184. The summed E-state index contributed by atoms with van der Waals surface area (Å²) in [6.07, 6.45) is 0. The van der Waals surface area contributed by atoms with E-state index in [4.69, 9.17) is 4.74 Å². The summed E-state index contributed by atoms with van der Waals surface area (Å²) < 4.78 is 6.62. The van der Waals surface area contributed by atoms with Crippen molar-refractivity contribution in [2.24, 2.45) is 0 Å². The monoisotopic (exact) mass is 651 g/mol. The zero-order valence-electron chi connectivity index (χ0n) is 27.9. The van der Waals surface area contributed by atoms with Crippen molar-refractivity contribution >= 4 is 17.1 Å². The molecular formula is C49H33NO. The molecule has 0 unspecified atom stereocenters. The summed E-state index contributed by atoms with van der Waals surface area (Å²) in [7, 11) is 0. The second-order valence-electron chi connectivity index (χ2n) is 13.3. The molecule has 0 aromatic heterocycles. The molecule has 0 saturated carbocycles. The van der Waals surface area contributed by atoms with Gasteiger partial charge in [0.25, 0.3) is 0 Å². The van der Waals surface area contributed by atoms with Crippen molar-refractivity contribution in [2.75, 3.05) is 4.90 Å². The minimum atomic E-state index is -0.552. The first-order valence-corrected chi connectivity index (χ1v) is 17.5. The first-order valence-electron chi connectivity index (χ1n) is 17.5. The van der Waals surface area contributed by atoms with E-state index < -0.39 is 5.41 Å². The Kier molecular flexibility index (Phi) is 6.75. The third kappa shape index (κ3) is 4.50. The average Bonchev–Trinajstić information content (AvgIpc) is 3.49. The maximum Gasteiger partial charge on any atom is 0.132 e. The molecule has 8 aromatic rings. The van der Waals surface area contributed by atoms with Crippen molar-refractivity contribution in [1.82, 2.24) is 0 Å². The molecule has 0 N–H and O–H groups in total. The molecule has 51 heavy (non-hydrogen) atoms. The SMILES string of the molecule is c1ccc(-c2cccc(N(c3ccc4c(c3)C3(c5ccccc5Oc5ccccc53)c3ccccc3-4)c3ccccc3-c3ccccc3)c2)cc1. The van der Waals surface area contributed by atoms with E-state index >= 15 is 0 Å². The highest BCUT2D eigenvalue weighted by Gasteiger charge is 2.51. The van der Waals surface area contributed by atoms with Gasteiger partial charge in [-0.1, -0.05) is 158 Å². The van der Waals surface area contributed by atoms with E-state index in [9.17, 15) is 0 Å². The summed E-state index contributed by atoms with van der Waals surface area (Å²) in [6.45, 7) is 0. The van der Waals surface area contributed by atoms with Crippen LogP contribution >= 0.6 is 0 Å². The molecular weight excluding hydrogens is 619 g/mol. The molecule has 0 bridgehead atoms. The van der Waals surface area contributed by atoms with Gasteiger partial charge in [-0.2, -0.15) is 0 Å². The molecule has 240 valence electrons. The summed E-state index contributed by atoms with van der Waals surface area (Å²) >= 11 is 0. The van der Waals surface area contributed by atoms with Crippen molar-refractivity contribution in [3.05, 3.63) is 222 Å². The minimum absolute atomic E-state index is 0.552. The van der Waals surface area contributed by atoms with Gasteiger partial charge < -0.3 is 9.64 Å². The molecule has 1 heterocycles. The van der Waals surface area contributed by atoms with Crippen LogP contribution in [0.1, 0.15) is 22.3 Å². The number of benzene rings is 8. The first-order chi connectivity index (χ1) is 25.3. The van der Waals surface area contributed by atoms with Gasteiger partial charge in [-0.05, 0) is 81.4 Å². The fourth-order valence-corrected chi connectivity index (χ4v) is 8.39. The number of hydrogen-bond donors (Lipinski definition) is 0. The van der Waals surface area contributed by atoms with E-state index in [2.05, 4.69) is 205 Å². The van der Waals surface area contributed by atoms with Crippen molar-refractivity contribution in [3.63, 3.8) is 0 Å². The third-order valence-corrected chi connectivity index (χ3v) is 10.5. The van der Waals surface area contributed by atoms with Gasteiger partial charge >= 0.3 is 0 Å². The summed E-state index contributed by atoms with van der Waals surface area (Å²) in [6, 6.07) is 72.1. The summed E-state index contributed by atoms with van der Waals surface area (Å²) in [5, 5.41) is 0. The van der Waals surface area contributed by atoms with Crippen LogP contribution in [0.5, 0.6) is 11.5 Å². The summed E-state index contributed by atoms with van der Waals surface area (Å²) in [5.41, 5.74) is 14.8. The second-order valence-corrected chi connectivity index (χ2v) is 13.3. The molecule has 2 nitrogen and oxygen atoms in total. The molecule has 8 aromatic carbocycles. The van der Waals surface area contributed by atoms with E-state index in [0.717, 1.165) is 39.7 Å². The van der Waals surface area contributed by atoms with Crippen LogP contribution in [0.25, 0.3) is 33.4 Å². The lowest BCUT2D eigenvalue weighted by Crippen LogP contribution is -2.32. The van der Waals surface area contributed by atoms with Crippen LogP contribution in [-0.2, 0) is 5.41 Å². The summed E-state index contributed by atoms with van der Waals surface area (Å²) in [5.74, 6) is 1.79. The van der Waals surface area contributed by atoms with Gasteiger partial charge in [0, 0.05) is 28.1 Å². The molecule has 2 aliphatic rings. The average molecular weight is 652 g/mol. The third-order valence-electron chi connectivity index (χ3n) is 10.5. The van der Waals surface area contributed by atoms with Gasteiger partial charge in [0.05, 0.1) is 11.1 Å². The second kappa shape index (κ2) is 11.8. The Morgan fingerprint density at radius 3 is 1.59 bits per heavy atom. The van der Waals surface area contributed by atoms with Gasteiger partial charge in [-0.15, -0.1) is 0 Å². The molecule has 2 heteroatoms. The maximum absolute atomic E-state index is 6.62. The van der Waals surface area contributed by atoms with E-state index in [0.29, 0.717) is 0 Å². The van der Waals surface area contributed by atoms with Crippen LogP contribution in [0.4, 0.5) is 17.1 Å². The van der Waals surface area contributed by atoms with Crippen molar-refractivity contribution in [1.29, 1.82) is 0 Å². The Morgan fingerprint density at radius 1 is 0.333 bits per heavy atom. The number of hydrogen-bond acceptors (Lipinski definition) is 2. The van der Waals surface area contributed by atoms with E-state index in [1.165, 1.54) is 44.5 Å². The topological polar surface area (TPSA) is 12.5 Å². The van der Waals surface area contributed by atoms with Crippen molar-refractivity contribution in [2.45, 2.75) is 5.41 Å².